The van der Waals surface area contributed by atoms with E-state index in [-0.39, 0.29) is 5.78 Å². The van der Waals surface area contributed by atoms with Crippen molar-refractivity contribution in [3.8, 4) is 0 Å². The van der Waals surface area contributed by atoms with Crippen LogP contribution in [0.1, 0.15) is 22.8 Å². The van der Waals surface area contributed by atoms with Gasteiger partial charge in [-0.1, -0.05) is 6.07 Å². The van der Waals surface area contributed by atoms with Gasteiger partial charge in [-0.3, -0.25) is 4.79 Å². The lowest BCUT2D eigenvalue weighted by Crippen LogP contribution is -2.36. The first-order valence-corrected chi connectivity index (χ1v) is 5.63. The molecule has 1 saturated heterocycles. The zero-order chi connectivity index (χ0) is 11.5. The van der Waals surface area contributed by atoms with Crippen LogP contribution in [0.2, 0.25) is 0 Å². The third kappa shape index (κ3) is 2.25. The van der Waals surface area contributed by atoms with E-state index >= 15 is 0 Å². The summed E-state index contributed by atoms with van der Waals surface area (Å²) in [5.41, 5.74) is 2.99. The zero-order valence-electron chi connectivity index (χ0n) is 9.82. The summed E-state index contributed by atoms with van der Waals surface area (Å²) in [4.78, 5) is 13.7. The minimum absolute atomic E-state index is 0.132. The number of Topliss-reactive ketones (excluding diaryl/α,β-unsaturated/α-hetero) is 1. The molecule has 1 heterocycles. The van der Waals surface area contributed by atoms with Crippen molar-refractivity contribution in [2.45, 2.75) is 13.8 Å². The number of morpholine rings is 1. The van der Waals surface area contributed by atoms with Crippen molar-refractivity contribution in [2.24, 2.45) is 0 Å². The molecule has 86 valence electrons. The second-order valence-electron chi connectivity index (χ2n) is 4.15. The maximum absolute atomic E-state index is 11.5. The molecule has 0 N–H and O–H groups in total. The van der Waals surface area contributed by atoms with Gasteiger partial charge in [0, 0.05) is 24.3 Å². The largest absolute Gasteiger partial charge is 0.378 e. The number of hydrogen-bond donors (Lipinski definition) is 0. The number of anilines is 1. The fourth-order valence-electron chi connectivity index (χ4n) is 2.01. The standard InChI is InChI=1S/C13H17NO2/c1-10-3-4-12(9-13(10)11(2)15)14-5-7-16-8-6-14/h3-4,9H,5-8H2,1-2H3. The van der Waals surface area contributed by atoms with Gasteiger partial charge in [-0.25, -0.2) is 0 Å². The monoisotopic (exact) mass is 219 g/mol. The normalized spacial score (nSPS) is 16.2. The summed E-state index contributed by atoms with van der Waals surface area (Å²) >= 11 is 0. The van der Waals surface area contributed by atoms with Gasteiger partial charge in [-0.2, -0.15) is 0 Å². The van der Waals surface area contributed by atoms with Gasteiger partial charge < -0.3 is 9.64 Å². The van der Waals surface area contributed by atoms with Crippen molar-refractivity contribution in [2.75, 3.05) is 31.2 Å². The number of ketones is 1. The van der Waals surface area contributed by atoms with Crippen LogP contribution < -0.4 is 4.90 Å². The predicted molar refractivity (Wildman–Crippen MR) is 64.2 cm³/mol. The Morgan fingerprint density at radius 2 is 2.00 bits per heavy atom. The van der Waals surface area contributed by atoms with E-state index in [1.807, 2.05) is 19.1 Å². The van der Waals surface area contributed by atoms with Crippen molar-refractivity contribution in [3.63, 3.8) is 0 Å². The molecule has 3 nitrogen and oxygen atoms in total. The molecule has 2 rings (SSSR count). The maximum atomic E-state index is 11.5. The summed E-state index contributed by atoms with van der Waals surface area (Å²) in [6, 6.07) is 6.08. The quantitative estimate of drug-likeness (QED) is 0.713. The van der Waals surface area contributed by atoms with Crippen molar-refractivity contribution in [1.82, 2.24) is 0 Å². The zero-order valence-corrected chi connectivity index (χ0v) is 9.82. The van der Waals surface area contributed by atoms with Gasteiger partial charge in [0.2, 0.25) is 0 Å². The fourth-order valence-corrected chi connectivity index (χ4v) is 2.01. The van der Waals surface area contributed by atoms with Gasteiger partial charge in [0.15, 0.2) is 5.78 Å². The number of rotatable bonds is 2. The SMILES string of the molecule is CC(=O)c1cc(N2CCOCC2)ccc1C. The molecule has 1 aliphatic heterocycles. The molecular weight excluding hydrogens is 202 g/mol. The Bertz CT molecular complexity index is 395. The molecule has 1 aromatic rings. The van der Waals surface area contributed by atoms with Crippen molar-refractivity contribution >= 4 is 11.5 Å². The number of carbonyl (C=O) groups excluding carboxylic acids is 1. The van der Waals surface area contributed by atoms with Crippen molar-refractivity contribution in [1.29, 1.82) is 0 Å². The summed E-state index contributed by atoms with van der Waals surface area (Å²) in [5, 5.41) is 0. The van der Waals surface area contributed by atoms with Crippen LogP contribution in [0.4, 0.5) is 5.69 Å². The summed E-state index contributed by atoms with van der Waals surface area (Å²) in [5.74, 6) is 0.132. The lowest BCUT2D eigenvalue weighted by molar-refractivity contribution is 0.101. The molecule has 0 radical (unpaired) electrons. The molecule has 0 spiro atoms. The van der Waals surface area contributed by atoms with Gasteiger partial charge >= 0.3 is 0 Å². The first kappa shape index (κ1) is 11.1. The lowest BCUT2D eigenvalue weighted by atomic mass is 10.0. The highest BCUT2D eigenvalue weighted by Crippen LogP contribution is 2.20. The van der Waals surface area contributed by atoms with E-state index in [4.69, 9.17) is 4.74 Å². The maximum Gasteiger partial charge on any atom is 0.160 e. The molecule has 1 fully saturated rings. The number of aryl methyl sites for hydroxylation is 1. The van der Waals surface area contributed by atoms with Crippen molar-refractivity contribution < 1.29 is 9.53 Å². The highest BCUT2D eigenvalue weighted by Gasteiger charge is 2.13. The highest BCUT2D eigenvalue weighted by atomic mass is 16.5. The van der Waals surface area contributed by atoms with Gasteiger partial charge in [-0.05, 0) is 31.5 Å². The number of carbonyl (C=O) groups is 1. The van der Waals surface area contributed by atoms with Crippen LogP contribution in [0.5, 0.6) is 0 Å². The van der Waals surface area contributed by atoms with E-state index in [1.165, 1.54) is 0 Å². The van der Waals surface area contributed by atoms with Crippen LogP contribution in [-0.4, -0.2) is 32.1 Å². The average molecular weight is 219 g/mol. The fraction of sp³-hybridized carbons (Fsp3) is 0.462. The average Bonchev–Trinajstić information content (AvgIpc) is 2.30. The Kier molecular flexibility index (Phi) is 3.25. The summed E-state index contributed by atoms with van der Waals surface area (Å²) in [6.07, 6.45) is 0. The summed E-state index contributed by atoms with van der Waals surface area (Å²) in [6.45, 7) is 6.93. The highest BCUT2D eigenvalue weighted by molar-refractivity contribution is 5.96. The van der Waals surface area contributed by atoms with E-state index in [1.54, 1.807) is 6.92 Å². The van der Waals surface area contributed by atoms with E-state index in [0.29, 0.717) is 0 Å². The van der Waals surface area contributed by atoms with Crippen LogP contribution in [0.3, 0.4) is 0 Å². The Balaban J connectivity index is 2.27. The number of hydrogen-bond acceptors (Lipinski definition) is 3. The molecule has 0 bridgehead atoms. The van der Waals surface area contributed by atoms with Gasteiger partial charge in [0.05, 0.1) is 13.2 Å². The second-order valence-corrected chi connectivity index (χ2v) is 4.15. The van der Waals surface area contributed by atoms with Crippen LogP contribution in [0.15, 0.2) is 18.2 Å². The second kappa shape index (κ2) is 4.66. The Labute approximate surface area is 96.0 Å². The molecule has 0 unspecified atom stereocenters. The summed E-state index contributed by atoms with van der Waals surface area (Å²) in [7, 11) is 0. The predicted octanol–water partition coefficient (Wildman–Crippen LogP) is 2.03. The van der Waals surface area contributed by atoms with Crippen LogP contribution in [-0.2, 0) is 4.74 Å². The lowest BCUT2D eigenvalue weighted by Gasteiger charge is -2.29. The smallest absolute Gasteiger partial charge is 0.160 e. The molecule has 16 heavy (non-hydrogen) atoms. The molecule has 0 aliphatic carbocycles. The van der Waals surface area contributed by atoms with E-state index in [2.05, 4.69) is 11.0 Å². The van der Waals surface area contributed by atoms with Crippen LogP contribution in [0.25, 0.3) is 0 Å². The third-order valence-electron chi connectivity index (χ3n) is 2.98. The Morgan fingerprint density at radius 1 is 1.31 bits per heavy atom. The summed E-state index contributed by atoms with van der Waals surface area (Å²) < 4.78 is 5.31. The number of nitrogens with zero attached hydrogens (tertiary/aromatic N) is 1. The van der Waals surface area contributed by atoms with Gasteiger partial charge in [0.25, 0.3) is 0 Å². The topological polar surface area (TPSA) is 29.5 Å². The van der Waals surface area contributed by atoms with E-state index in [9.17, 15) is 4.79 Å². The first-order valence-electron chi connectivity index (χ1n) is 5.63. The number of ether oxygens (including phenoxy) is 1. The number of benzene rings is 1. The molecule has 0 atom stereocenters. The molecule has 1 aromatic carbocycles. The molecular formula is C13H17NO2. The Morgan fingerprint density at radius 3 is 2.62 bits per heavy atom. The molecule has 0 saturated carbocycles. The molecule has 0 amide bonds. The van der Waals surface area contributed by atoms with Crippen molar-refractivity contribution in [3.05, 3.63) is 29.3 Å². The Hall–Kier alpha value is -1.35. The molecule has 3 heteroatoms. The van der Waals surface area contributed by atoms with E-state index in [0.717, 1.165) is 43.1 Å². The first-order chi connectivity index (χ1) is 7.68. The van der Waals surface area contributed by atoms with Crippen LogP contribution in [0, 0.1) is 6.92 Å². The molecule has 0 aromatic heterocycles. The van der Waals surface area contributed by atoms with E-state index < -0.39 is 0 Å². The van der Waals surface area contributed by atoms with Crippen LogP contribution >= 0.6 is 0 Å². The van der Waals surface area contributed by atoms with Gasteiger partial charge in [0.1, 0.15) is 0 Å². The van der Waals surface area contributed by atoms with Gasteiger partial charge in [-0.15, -0.1) is 0 Å². The minimum Gasteiger partial charge on any atom is -0.378 e. The minimum atomic E-state index is 0.132. The third-order valence-corrected chi connectivity index (χ3v) is 2.98. The molecule has 1 aliphatic rings.